The van der Waals surface area contributed by atoms with Crippen LogP contribution in [0, 0.1) is 13.8 Å². The molecule has 0 aliphatic rings. The molecule has 3 rings (SSSR count). The molecule has 2 aromatic carbocycles. The minimum absolute atomic E-state index is 0.109. The average molecular weight is 378 g/mol. The lowest BCUT2D eigenvalue weighted by atomic mass is 10.1. The van der Waals surface area contributed by atoms with Crippen molar-refractivity contribution in [3.8, 4) is 0 Å². The Morgan fingerprint density at radius 2 is 2.00 bits per heavy atom. The van der Waals surface area contributed by atoms with Gasteiger partial charge < -0.3 is 0 Å². The molecule has 0 saturated heterocycles. The smallest absolute Gasteiger partial charge is 0.248 e. The zero-order valence-corrected chi connectivity index (χ0v) is 15.6. The van der Waals surface area contributed by atoms with Crippen LogP contribution in [0.1, 0.15) is 11.1 Å². The molecule has 3 aromatic rings. The highest BCUT2D eigenvalue weighted by Crippen LogP contribution is 2.28. The van der Waals surface area contributed by atoms with Crippen molar-refractivity contribution in [2.75, 3.05) is 11.2 Å². The summed E-state index contributed by atoms with van der Waals surface area (Å²) >= 11 is 8.82. The van der Waals surface area contributed by atoms with Gasteiger partial charge in [0, 0.05) is 9.92 Å². The number of hydrogen-bond acceptors (Lipinski definition) is 5. The number of rotatable bonds is 5. The van der Waals surface area contributed by atoms with Gasteiger partial charge in [-0.3, -0.25) is 15.6 Å². The molecule has 7 heteroatoms. The quantitative estimate of drug-likeness (QED) is 0.495. The topological polar surface area (TPSA) is 54.0 Å². The van der Waals surface area contributed by atoms with Crippen molar-refractivity contribution in [1.82, 2.24) is 10.4 Å². The summed E-state index contributed by atoms with van der Waals surface area (Å²) in [6, 6.07) is 11.6. The molecule has 1 aromatic heterocycles. The maximum atomic E-state index is 11.9. The number of hydrazine groups is 1. The third-order valence-electron chi connectivity index (χ3n) is 3.32. The molecule has 0 unspecified atom stereocenters. The number of anilines is 1. The van der Waals surface area contributed by atoms with Gasteiger partial charge in [-0.25, -0.2) is 4.98 Å². The van der Waals surface area contributed by atoms with Crippen LogP contribution in [0.15, 0.2) is 41.3 Å². The third-order valence-corrected chi connectivity index (χ3v) is 5.50. The number of thioether (sulfide) groups is 1. The molecule has 4 nitrogen and oxygen atoms in total. The number of halogens is 1. The molecule has 0 atom stereocenters. The first kappa shape index (κ1) is 17.1. The van der Waals surface area contributed by atoms with Crippen LogP contribution in [0.2, 0.25) is 5.02 Å². The van der Waals surface area contributed by atoms with Crippen molar-refractivity contribution in [3.63, 3.8) is 0 Å². The molecular formula is C17H16ClN3OS2. The first-order valence-corrected chi connectivity index (χ1v) is 9.50. The predicted octanol–water partition coefficient (Wildman–Crippen LogP) is 4.80. The third kappa shape index (κ3) is 4.20. The van der Waals surface area contributed by atoms with Gasteiger partial charge in [0.25, 0.3) is 0 Å². The van der Waals surface area contributed by atoms with Gasteiger partial charge in [-0.2, -0.15) is 0 Å². The Bertz CT molecular complexity index is 877. The van der Waals surface area contributed by atoms with Crippen LogP contribution in [0.3, 0.4) is 0 Å². The minimum atomic E-state index is -0.109. The number of thiazole rings is 1. The SMILES string of the molecule is Cc1cc(C)c2nc(NNC(=O)CSc3ccc(Cl)cc3)sc2c1. The molecule has 1 heterocycles. The Labute approximate surface area is 153 Å². The largest absolute Gasteiger partial charge is 0.273 e. The molecule has 0 radical (unpaired) electrons. The molecule has 24 heavy (non-hydrogen) atoms. The van der Waals surface area contributed by atoms with E-state index in [0.29, 0.717) is 15.9 Å². The number of nitrogens with one attached hydrogen (secondary N) is 2. The van der Waals surface area contributed by atoms with Crippen molar-refractivity contribution in [2.24, 2.45) is 0 Å². The fourth-order valence-electron chi connectivity index (χ4n) is 2.26. The van der Waals surface area contributed by atoms with Crippen LogP contribution in [-0.2, 0) is 4.79 Å². The first-order chi connectivity index (χ1) is 11.5. The maximum absolute atomic E-state index is 11.9. The number of aromatic nitrogens is 1. The second-order valence-electron chi connectivity index (χ2n) is 5.36. The second kappa shape index (κ2) is 7.42. The van der Waals surface area contributed by atoms with E-state index in [-0.39, 0.29) is 5.91 Å². The van der Waals surface area contributed by atoms with E-state index in [2.05, 4.69) is 34.9 Å². The average Bonchev–Trinajstić information content (AvgIpc) is 2.95. The molecular weight excluding hydrogens is 362 g/mol. The Morgan fingerprint density at radius 1 is 1.25 bits per heavy atom. The van der Waals surface area contributed by atoms with Gasteiger partial charge in [0.1, 0.15) is 0 Å². The fourth-order valence-corrected chi connectivity index (χ4v) is 4.08. The van der Waals surface area contributed by atoms with Crippen LogP contribution in [0.5, 0.6) is 0 Å². The zero-order valence-electron chi connectivity index (χ0n) is 13.2. The lowest BCUT2D eigenvalue weighted by Crippen LogP contribution is -2.30. The molecule has 2 N–H and O–H groups in total. The van der Waals surface area contributed by atoms with Gasteiger partial charge in [0.05, 0.1) is 16.0 Å². The number of amides is 1. The summed E-state index contributed by atoms with van der Waals surface area (Å²) in [6.45, 7) is 4.11. The number of benzene rings is 2. The molecule has 0 spiro atoms. The zero-order chi connectivity index (χ0) is 17.1. The number of hydrogen-bond donors (Lipinski definition) is 2. The first-order valence-electron chi connectivity index (χ1n) is 7.32. The van der Waals surface area contributed by atoms with Crippen LogP contribution in [0.25, 0.3) is 10.2 Å². The monoisotopic (exact) mass is 377 g/mol. The molecule has 124 valence electrons. The summed E-state index contributed by atoms with van der Waals surface area (Å²) in [5, 5.41) is 1.37. The van der Waals surface area contributed by atoms with Gasteiger partial charge in [0.2, 0.25) is 11.0 Å². The predicted molar refractivity (Wildman–Crippen MR) is 103 cm³/mol. The summed E-state index contributed by atoms with van der Waals surface area (Å²) in [5.41, 5.74) is 8.90. The second-order valence-corrected chi connectivity index (χ2v) is 7.88. The van der Waals surface area contributed by atoms with Crippen LogP contribution in [-0.4, -0.2) is 16.6 Å². The van der Waals surface area contributed by atoms with E-state index in [9.17, 15) is 4.79 Å². The summed E-state index contributed by atoms with van der Waals surface area (Å²) in [5.74, 6) is 0.208. The normalized spacial score (nSPS) is 10.8. The highest BCUT2D eigenvalue weighted by molar-refractivity contribution is 8.00. The summed E-state index contributed by atoms with van der Waals surface area (Å²) in [4.78, 5) is 17.5. The Morgan fingerprint density at radius 3 is 2.75 bits per heavy atom. The van der Waals surface area contributed by atoms with Crippen molar-refractivity contribution < 1.29 is 4.79 Å². The van der Waals surface area contributed by atoms with Gasteiger partial charge in [-0.15, -0.1) is 11.8 Å². The van der Waals surface area contributed by atoms with E-state index in [0.717, 1.165) is 20.7 Å². The molecule has 0 aliphatic heterocycles. The highest BCUT2D eigenvalue weighted by atomic mass is 35.5. The van der Waals surface area contributed by atoms with Gasteiger partial charge in [0.15, 0.2) is 0 Å². The van der Waals surface area contributed by atoms with Crippen molar-refractivity contribution in [2.45, 2.75) is 18.7 Å². The molecule has 1 amide bonds. The van der Waals surface area contributed by atoms with E-state index in [1.165, 1.54) is 28.7 Å². The van der Waals surface area contributed by atoms with E-state index in [1.54, 1.807) is 0 Å². The maximum Gasteiger partial charge on any atom is 0.248 e. The molecule has 0 bridgehead atoms. The lowest BCUT2D eigenvalue weighted by molar-refractivity contribution is -0.118. The summed E-state index contributed by atoms with van der Waals surface area (Å²) in [6.07, 6.45) is 0. The van der Waals surface area contributed by atoms with Gasteiger partial charge >= 0.3 is 0 Å². The lowest BCUT2D eigenvalue weighted by Gasteiger charge is -2.05. The Balaban J connectivity index is 1.56. The van der Waals surface area contributed by atoms with Crippen molar-refractivity contribution >= 4 is 56.0 Å². The van der Waals surface area contributed by atoms with E-state index in [4.69, 9.17) is 11.6 Å². The van der Waals surface area contributed by atoms with Crippen molar-refractivity contribution in [1.29, 1.82) is 0 Å². The van der Waals surface area contributed by atoms with Crippen LogP contribution in [0.4, 0.5) is 5.13 Å². The fraction of sp³-hybridized carbons (Fsp3) is 0.176. The molecule has 0 fully saturated rings. The number of carbonyl (C=O) groups excluding carboxylic acids is 1. The number of nitrogens with zero attached hydrogens (tertiary/aromatic N) is 1. The molecule has 0 aliphatic carbocycles. The standard InChI is InChI=1S/C17H16ClN3OS2/c1-10-7-11(2)16-14(8-10)24-17(19-16)21-20-15(22)9-23-13-5-3-12(18)4-6-13/h3-8H,9H2,1-2H3,(H,19,21)(H,20,22). The Hall–Kier alpha value is -1.76. The minimum Gasteiger partial charge on any atom is -0.273 e. The Kier molecular flexibility index (Phi) is 5.28. The van der Waals surface area contributed by atoms with E-state index in [1.807, 2.05) is 31.2 Å². The van der Waals surface area contributed by atoms with Crippen LogP contribution >= 0.6 is 34.7 Å². The highest BCUT2D eigenvalue weighted by Gasteiger charge is 2.08. The van der Waals surface area contributed by atoms with Gasteiger partial charge in [-0.05, 0) is 55.3 Å². The summed E-state index contributed by atoms with van der Waals surface area (Å²) < 4.78 is 1.11. The molecule has 0 saturated carbocycles. The number of fused-ring (bicyclic) bond motifs is 1. The van der Waals surface area contributed by atoms with E-state index < -0.39 is 0 Å². The van der Waals surface area contributed by atoms with Crippen LogP contribution < -0.4 is 10.9 Å². The summed E-state index contributed by atoms with van der Waals surface area (Å²) in [7, 11) is 0. The van der Waals surface area contributed by atoms with Gasteiger partial charge in [-0.1, -0.05) is 29.0 Å². The number of carbonyl (C=O) groups is 1. The van der Waals surface area contributed by atoms with E-state index >= 15 is 0 Å². The van der Waals surface area contributed by atoms with Crippen molar-refractivity contribution in [3.05, 3.63) is 52.5 Å². The number of aryl methyl sites for hydroxylation is 2.